The molecule has 0 aliphatic heterocycles. The van der Waals surface area contributed by atoms with E-state index in [4.69, 9.17) is 0 Å². The van der Waals surface area contributed by atoms with Crippen molar-refractivity contribution in [3.05, 3.63) is 0 Å². The number of carboxylic acid groups (broad SMARTS) is 1. The summed E-state index contributed by atoms with van der Waals surface area (Å²) >= 11 is 0. The molecule has 0 atom stereocenters. The first-order valence-electron chi connectivity index (χ1n) is 2.03. The van der Waals surface area contributed by atoms with Gasteiger partial charge in [-0.25, -0.2) is 0 Å². The number of carbonyl (C=O) groups excluding carboxylic acids is 1. The molecule has 0 aromatic rings. The molecule has 0 aromatic carbocycles. The molecule has 8 heteroatoms. The summed E-state index contributed by atoms with van der Waals surface area (Å²) in [4.78, 5) is 29.0. The quantitative estimate of drug-likeness (QED) is 0.356. The Bertz CT molecular complexity index is 137. The molecule has 0 aliphatic rings. The van der Waals surface area contributed by atoms with E-state index in [2.05, 4.69) is 0 Å². The number of carboxylic acids is 1. The third-order valence-corrected chi connectivity index (χ3v) is 0.836. The predicted octanol–water partition coefficient (Wildman–Crippen LogP) is -9.87. The Morgan fingerprint density at radius 2 is 1.91 bits per heavy atom. The molecule has 0 unspecified atom stereocenters. The normalized spacial score (nSPS) is 7.09. The van der Waals surface area contributed by atoms with E-state index in [1.807, 2.05) is 5.32 Å². The minimum Gasteiger partial charge on any atom is -0.633 e. The van der Waals surface area contributed by atoms with Crippen molar-refractivity contribution in [3.63, 3.8) is 0 Å². The molecule has 52 valence electrons. The van der Waals surface area contributed by atoms with Crippen molar-refractivity contribution in [3.8, 4) is 0 Å². The van der Waals surface area contributed by atoms with E-state index in [0.29, 0.717) is 5.92 Å². The second kappa shape index (κ2) is 11.5. The van der Waals surface area contributed by atoms with Crippen molar-refractivity contribution in [2.24, 2.45) is 0 Å². The minimum absolute atomic E-state index is 0. The standard InChI is InChI=1S/C3H6NO4P.2Na/c5-3(6)1-4-2-9(7)8;;/h2,4H,1H2,(H,5,6)(H,7,8);;/q;2*+1/p-2. The molecule has 0 aliphatic carbocycles. The molecular weight excluding hydrogens is 191 g/mol. The van der Waals surface area contributed by atoms with Gasteiger partial charge in [0, 0.05) is 14.5 Å². The first kappa shape index (κ1) is 18.3. The van der Waals surface area contributed by atoms with Crippen molar-refractivity contribution < 1.29 is 78.8 Å². The molecule has 0 bridgehead atoms. The van der Waals surface area contributed by atoms with Crippen LogP contribution in [0.25, 0.3) is 0 Å². The molecule has 1 N–H and O–H groups in total. The summed E-state index contributed by atoms with van der Waals surface area (Å²) in [5.41, 5.74) is 0. The topological polar surface area (TPSA) is 98.3 Å². The van der Waals surface area contributed by atoms with Crippen LogP contribution in [0, 0.1) is 0 Å². The van der Waals surface area contributed by atoms with Gasteiger partial charge in [-0.1, -0.05) is 0 Å². The second-order valence-electron chi connectivity index (χ2n) is 1.17. The van der Waals surface area contributed by atoms with Gasteiger partial charge in [-0.3, -0.25) is 5.32 Å². The molecule has 0 saturated heterocycles. The summed E-state index contributed by atoms with van der Waals surface area (Å²) in [7, 11) is -2.66. The van der Waals surface area contributed by atoms with E-state index in [-0.39, 0.29) is 59.1 Å². The van der Waals surface area contributed by atoms with Gasteiger partial charge in [-0.05, 0) is 0 Å². The fourth-order valence-corrected chi connectivity index (χ4v) is 0.444. The molecule has 0 heterocycles. The maximum atomic E-state index is 9.69. The monoisotopic (exact) mass is 195 g/mol. The summed E-state index contributed by atoms with van der Waals surface area (Å²) in [6, 6.07) is 0. The second-order valence-corrected chi connectivity index (χ2v) is 2.00. The van der Waals surface area contributed by atoms with E-state index in [0.717, 1.165) is 0 Å². The van der Waals surface area contributed by atoms with Crippen LogP contribution < -0.4 is 79.3 Å². The SMILES string of the molecule is O=C([O-])CNC=[P+]([O-])[O-].[Na+].[Na+]. The number of hydrogen-bond donors (Lipinski definition) is 1. The van der Waals surface area contributed by atoms with Crippen LogP contribution in [0.5, 0.6) is 0 Å². The molecule has 0 radical (unpaired) electrons. The average molecular weight is 195 g/mol. The van der Waals surface area contributed by atoms with Crippen molar-refractivity contribution >= 4 is 19.9 Å². The fourth-order valence-electron chi connectivity index (χ4n) is 0.204. The van der Waals surface area contributed by atoms with Gasteiger partial charge in [-0.15, -0.1) is 0 Å². The average Bonchev–Trinajstić information content (AvgIpc) is 1.63. The first-order chi connectivity index (χ1) is 4.13. The Morgan fingerprint density at radius 3 is 2.18 bits per heavy atom. The Labute approximate surface area is 109 Å². The number of nitrogens with one attached hydrogen (secondary N) is 1. The Morgan fingerprint density at radius 1 is 1.45 bits per heavy atom. The van der Waals surface area contributed by atoms with Gasteiger partial charge in [0.2, 0.25) is 0 Å². The zero-order valence-electron chi connectivity index (χ0n) is 6.36. The van der Waals surface area contributed by atoms with Crippen molar-refractivity contribution in [2.75, 3.05) is 6.54 Å². The largest absolute Gasteiger partial charge is 1.00 e. The molecule has 5 nitrogen and oxygen atoms in total. The van der Waals surface area contributed by atoms with Gasteiger partial charge in [0.15, 0.2) is 0 Å². The van der Waals surface area contributed by atoms with E-state index in [1.54, 1.807) is 0 Å². The third kappa shape index (κ3) is 18.5. The first-order valence-corrected chi connectivity index (χ1v) is 3.27. The number of rotatable bonds is 3. The van der Waals surface area contributed by atoms with Gasteiger partial charge in [0.05, 0.1) is 5.97 Å². The van der Waals surface area contributed by atoms with Gasteiger partial charge >= 0.3 is 59.1 Å². The summed E-state index contributed by atoms with van der Waals surface area (Å²) in [6.45, 7) is -0.483. The molecule has 11 heavy (non-hydrogen) atoms. The van der Waals surface area contributed by atoms with Crippen LogP contribution in [0.2, 0.25) is 0 Å². The van der Waals surface area contributed by atoms with Crippen LogP contribution in [0.3, 0.4) is 0 Å². The van der Waals surface area contributed by atoms with E-state index >= 15 is 0 Å². The predicted molar refractivity (Wildman–Crippen MR) is 26.0 cm³/mol. The smallest absolute Gasteiger partial charge is 0.633 e. The van der Waals surface area contributed by atoms with Crippen LogP contribution >= 0.6 is 8.00 Å². The fraction of sp³-hybridized carbons (Fsp3) is 0.333. The van der Waals surface area contributed by atoms with E-state index in [9.17, 15) is 19.7 Å². The van der Waals surface area contributed by atoms with E-state index in [1.165, 1.54) is 0 Å². The zero-order valence-corrected chi connectivity index (χ0v) is 11.3. The maximum Gasteiger partial charge on any atom is 1.00 e. The van der Waals surface area contributed by atoms with Crippen molar-refractivity contribution in [1.29, 1.82) is 0 Å². The molecule has 0 saturated carbocycles. The maximum absolute atomic E-state index is 9.69. The van der Waals surface area contributed by atoms with Crippen LogP contribution in [-0.2, 0) is 4.79 Å². The van der Waals surface area contributed by atoms with Gasteiger partial charge < -0.3 is 19.7 Å². The molecule has 0 spiro atoms. The molecule has 0 rings (SSSR count). The van der Waals surface area contributed by atoms with Gasteiger partial charge in [-0.2, -0.15) is 0 Å². The summed E-state index contributed by atoms with van der Waals surface area (Å²) in [5.74, 6) is -0.673. The number of aliphatic carboxylic acids is 1. The third-order valence-electron chi connectivity index (χ3n) is 0.443. The minimum atomic E-state index is -2.66. The van der Waals surface area contributed by atoms with Crippen molar-refractivity contribution in [2.45, 2.75) is 0 Å². The van der Waals surface area contributed by atoms with Crippen LogP contribution in [0.15, 0.2) is 0 Å². The van der Waals surface area contributed by atoms with Gasteiger partial charge in [0.25, 0.3) is 0 Å². The molecule has 0 aromatic heterocycles. The Hall–Kier alpha value is 1.52. The molecule has 0 amide bonds. The molecular formula is C3H4NNa2O4P. The van der Waals surface area contributed by atoms with E-state index < -0.39 is 20.5 Å². The zero-order chi connectivity index (χ0) is 7.28. The summed E-state index contributed by atoms with van der Waals surface area (Å²) < 4.78 is 0. The molecule has 0 fully saturated rings. The Balaban J connectivity index is -0.000000320. The van der Waals surface area contributed by atoms with Crippen LogP contribution in [0.4, 0.5) is 0 Å². The van der Waals surface area contributed by atoms with Crippen molar-refractivity contribution in [1.82, 2.24) is 5.32 Å². The summed E-state index contributed by atoms with van der Waals surface area (Å²) in [5, 5.41) is 11.6. The van der Waals surface area contributed by atoms with Gasteiger partial charge in [0.1, 0.15) is 5.92 Å². The number of hydrogen-bond acceptors (Lipinski definition) is 4. The Kier molecular flexibility index (Phi) is 19.2. The summed E-state index contributed by atoms with van der Waals surface area (Å²) in [6.07, 6.45) is 0. The van der Waals surface area contributed by atoms with Crippen LogP contribution in [0.1, 0.15) is 0 Å². The van der Waals surface area contributed by atoms with Crippen LogP contribution in [-0.4, -0.2) is 18.4 Å². The number of carbonyl (C=O) groups is 1.